The molecule has 142 valence electrons. The highest BCUT2D eigenvalue weighted by atomic mass is 32.2. The Balaban J connectivity index is 1.73. The van der Waals surface area contributed by atoms with Crippen LogP contribution in [0.4, 0.5) is 11.4 Å². The van der Waals surface area contributed by atoms with Gasteiger partial charge in [-0.3, -0.25) is 14.4 Å². The van der Waals surface area contributed by atoms with Gasteiger partial charge < -0.3 is 10.2 Å². The molecule has 2 aromatic rings. The van der Waals surface area contributed by atoms with Crippen molar-refractivity contribution in [2.24, 2.45) is 0 Å². The van der Waals surface area contributed by atoms with Crippen molar-refractivity contribution in [2.75, 3.05) is 23.9 Å². The Hall–Kier alpha value is -2.75. The zero-order chi connectivity index (χ0) is 19.4. The largest absolute Gasteiger partial charge is 0.322 e. The quantitative estimate of drug-likeness (QED) is 0.735. The van der Waals surface area contributed by atoms with Crippen LogP contribution in [-0.4, -0.2) is 33.9 Å². The molecule has 2 amide bonds. The fourth-order valence-corrected chi connectivity index (χ4v) is 3.63. The molecule has 1 saturated heterocycles. The molecule has 0 unspecified atom stereocenters. The van der Waals surface area contributed by atoms with Crippen molar-refractivity contribution in [3.63, 3.8) is 0 Å². The molecule has 1 heterocycles. The predicted molar refractivity (Wildman–Crippen MR) is 99.8 cm³/mol. The van der Waals surface area contributed by atoms with Crippen LogP contribution in [0.25, 0.3) is 0 Å². The average Bonchev–Trinajstić information content (AvgIpc) is 3.08. The first kappa shape index (κ1) is 19.0. The van der Waals surface area contributed by atoms with E-state index in [-0.39, 0.29) is 16.7 Å². The van der Waals surface area contributed by atoms with Gasteiger partial charge in [0.2, 0.25) is 5.91 Å². The molecule has 8 nitrogen and oxygen atoms in total. The first-order chi connectivity index (χ1) is 12.9. The molecule has 1 aliphatic heterocycles. The van der Waals surface area contributed by atoms with Crippen molar-refractivity contribution in [1.29, 1.82) is 0 Å². The Kier molecular flexibility index (Phi) is 5.54. The van der Waals surface area contributed by atoms with Crippen LogP contribution in [0.15, 0.2) is 53.4 Å². The normalized spacial score (nSPS) is 14.4. The first-order valence-corrected chi connectivity index (χ1v) is 9.76. The summed E-state index contributed by atoms with van der Waals surface area (Å²) in [6.45, 7) is 0.668. The number of hydrogen-bond acceptors (Lipinski definition) is 5. The van der Waals surface area contributed by atoms with E-state index in [2.05, 4.69) is 10.2 Å². The molecule has 0 aliphatic carbocycles. The summed E-state index contributed by atoms with van der Waals surface area (Å²) >= 11 is 0. The zero-order valence-corrected chi connectivity index (χ0v) is 15.5. The van der Waals surface area contributed by atoms with E-state index < -0.39 is 10.0 Å². The molecule has 0 radical (unpaired) electrons. The van der Waals surface area contributed by atoms with E-state index in [1.807, 2.05) is 11.0 Å². The van der Waals surface area contributed by atoms with E-state index in [9.17, 15) is 18.0 Å². The van der Waals surface area contributed by atoms with Crippen molar-refractivity contribution >= 4 is 33.2 Å². The molecule has 2 N–H and O–H groups in total. The van der Waals surface area contributed by atoms with Gasteiger partial charge in [0, 0.05) is 29.9 Å². The smallest absolute Gasteiger partial charge is 0.262 e. The Bertz CT molecular complexity index is 957. The van der Waals surface area contributed by atoms with Crippen molar-refractivity contribution in [1.82, 2.24) is 4.89 Å². The van der Waals surface area contributed by atoms with Crippen LogP contribution in [0.3, 0.4) is 0 Å². The number of nitrogens with zero attached hydrogens (tertiary/aromatic N) is 1. The molecule has 1 aliphatic rings. The van der Waals surface area contributed by atoms with E-state index >= 15 is 0 Å². The highest BCUT2D eigenvalue weighted by Gasteiger charge is 2.22. The summed E-state index contributed by atoms with van der Waals surface area (Å²) < 4.78 is 23.7. The summed E-state index contributed by atoms with van der Waals surface area (Å²) in [5, 5.41) is 2.75. The van der Waals surface area contributed by atoms with Crippen LogP contribution in [0, 0.1) is 0 Å². The van der Waals surface area contributed by atoms with Gasteiger partial charge in [-0.05, 0) is 48.9 Å². The summed E-state index contributed by atoms with van der Waals surface area (Å²) in [6.07, 6.45) is 1.35. The number of benzene rings is 2. The molecule has 0 aromatic heterocycles. The fourth-order valence-electron chi connectivity index (χ4n) is 2.82. The van der Waals surface area contributed by atoms with Crippen LogP contribution >= 0.6 is 0 Å². The minimum absolute atomic E-state index is 0.0181. The molecule has 9 heteroatoms. The second kappa shape index (κ2) is 7.87. The number of amides is 2. The Morgan fingerprint density at radius 3 is 2.52 bits per heavy atom. The molecule has 0 bridgehead atoms. The topological polar surface area (TPSA) is 105 Å². The van der Waals surface area contributed by atoms with Crippen molar-refractivity contribution in [3.8, 4) is 0 Å². The lowest BCUT2D eigenvalue weighted by molar-refractivity contribution is -0.117. The molecular formula is C18H19N3O5S. The molecule has 0 spiro atoms. The van der Waals surface area contributed by atoms with Gasteiger partial charge in [-0.2, -0.15) is 0 Å². The molecular weight excluding hydrogens is 370 g/mol. The average molecular weight is 389 g/mol. The predicted octanol–water partition coefficient (Wildman–Crippen LogP) is 1.91. The lowest BCUT2D eigenvalue weighted by Gasteiger charge is -2.16. The number of rotatable bonds is 6. The number of nitrogens with one attached hydrogen (secondary N) is 2. The lowest BCUT2D eigenvalue weighted by atomic mass is 10.2. The molecule has 1 fully saturated rings. The van der Waals surface area contributed by atoms with Gasteiger partial charge in [0.1, 0.15) is 0 Å². The van der Waals surface area contributed by atoms with Crippen LogP contribution < -0.4 is 15.1 Å². The van der Waals surface area contributed by atoms with Gasteiger partial charge in [-0.25, -0.2) is 8.42 Å². The van der Waals surface area contributed by atoms with Crippen LogP contribution in [-0.2, 0) is 19.7 Å². The third-order valence-electron chi connectivity index (χ3n) is 4.11. The number of anilines is 2. The lowest BCUT2D eigenvalue weighted by Crippen LogP contribution is -2.23. The maximum atomic E-state index is 12.4. The summed E-state index contributed by atoms with van der Waals surface area (Å²) in [7, 11) is -2.58. The summed E-state index contributed by atoms with van der Waals surface area (Å²) in [4.78, 5) is 32.3. The van der Waals surface area contributed by atoms with E-state index in [1.165, 1.54) is 31.4 Å². The highest BCUT2D eigenvalue weighted by Crippen LogP contribution is 2.24. The maximum Gasteiger partial charge on any atom is 0.262 e. The second-order valence-electron chi connectivity index (χ2n) is 5.97. The van der Waals surface area contributed by atoms with Gasteiger partial charge in [0.25, 0.3) is 15.9 Å². The molecule has 0 saturated carbocycles. The maximum absolute atomic E-state index is 12.4. The van der Waals surface area contributed by atoms with Crippen LogP contribution in [0.2, 0.25) is 0 Å². The standard InChI is InChI=1S/C18H19N3O5S/c1-26-20-27(24,25)16-9-7-13(8-10-16)18(23)19-14-4-2-5-15(12-14)21-11-3-6-17(21)22/h2,4-5,7-10,12,20H,3,6,11H2,1H3,(H,19,23). The highest BCUT2D eigenvalue weighted by molar-refractivity contribution is 7.89. The molecule has 0 atom stereocenters. The number of sulfonamides is 1. The monoisotopic (exact) mass is 389 g/mol. The van der Waals surface area contributed by atoms with Crippen LogP contribution in [0.1, 0.15) is 23.2 Å². The van der Waals surface area contributed by atoms with Crippen molar-refractivity contribution in [3.05, 3.63) is 54.1 Å². The van der Waals surface area contributed by atoms with Gasteiger partial charge in [-0.15, -0.1) is 0 Å². The SMILES string of the molecule is CONS(=O)(=O)c1ccc(C(=O)Nc2cccc(N3CCCC3=O)c2)cc1. The first-order valence-electron chi connectivity index (χ1n) is 8.27. The van der Waals surface area contributed by atoms with E-state index in [1.54, 1.807) is 23.1 Å². The third-order valence-corrected chi connectivity index (χ3v) is 5.39. The van der Waals surface area contributed by atoms with Crippen LogP contribution in [0.5, 0.6) is 0 Å². The van der Waals surface area contributed by atoms with Gasteiger partial charge in [0.15, 0.2) is 0 Å². The van der Waals surface area contributed by atoms with Crippen molar-refractivity contribution < 1.29 is 22.8 Å². The van der Waals surface area contributed by atoms with E-state index in [0.29, 0.717) is 24.2 Å². The Morgan fingerprint density at radius 2 is 1.89 bits per heavy atom. The van der Waals surface area contributed by atoms with E-state index in [4.69, 9.17) is 0 Å². The summed E-state index contributed by atoms with van der Waals surface area (Å²) in [5.74, 6) is -0.316. The fraction of sp³-hybridized carbons (Fsp3) is 0.222. The van der Waals surface area contributed by atoms with Crippen molar-refractivity contribution in [2.45, 2.75) is 17.7 Å². The molecule has 27 heavy (non-hydrogen) atoms. The molecule has 3 rings (SSSR count). The third kappa shape index (κ3) is 4.33. The summed E-state index contributed by atoms with van der Waals surface area (Å²) in [6, 6.07) is 12.5. The van der Waals surface area contributed by atoms with Gasteiger partial charge in [-0.1, -0.05) is 11.0 Å². The minimum Gasteiger partial charge on any atom is -0.322 e. The number of carbonyl (C=O) groups is 2. The second-order valence-corrected chi connectivity index (χ2v) is 7.61. The Labute approximate surface area is 157 Å². The number of carbonyl (C=O) groups excluding carboxylic acids is 2. The van der Waals surface area contributed by atoms with Gasteiger partial charge >= 0.3 is 0 Å². The zero-order valence-electron chi connectivity index (χ0n) is 14.6. The van der Waals surface area contributed by atoms with Gasteiger partial charge in [0.05, 0.1) is 12.0 Å². The molecule has 2 aromatic carbocycles. The summed E-state index contributed by atoms with van der Waals surface area (Å²) in [5.41, 5.74) is 1.59. The number of hydrogen-bond donors (Lipinski definition) is 2. The van der Waals surface area contributed by atoms with E-state index in [0.717, 1.165) is 12.1 Å². The Morgan fingerprint density at radius 1 is 1.15 bits per heavy atom. The minimum atomic E-state index is -3.77.